The molecule has 0 bridgehead atoms. The predicted molar refractivity (Wildman–Crippen MR) is 103 cm³/mol. The van der Waals surface area contributed by atoms with E-state index in [0.29, 0.717) is 33.8 Å². The summed E-state index contributed by atoms with van der Waals surface area (Å²) in [4.78, 5) is 24.0. The van der Waals surface area contributed by atoms with E-state index in [1.807, 2.05) is 0 Å². The second-order valence-electron chi connectivity index (χ2n) is 5.61. The number of carboxylic acids is 1. The summed E-state index contributed by atoms with van der Waals surface area (Å²) >= 11 is 3.33. The number of methoxy groups -OCH3 is 2. The topological polar surface area (TPSA) is 72.8 Å². The largest absolute Gasteiger partial charge is 0.496 e. The molecule has 0 saturated carbocycles. The number of carboxylic acid groups (broad SMARTS) is 1. The molecular weight excluding hydrogens is 400 g/mol. The van der Waals surface area contributed by atoms with E-state index in [-0.39, 0.29) is 11.3 Å². The fraction of sp³-hybridized carbons (Fsp3) is 0.200. The van der Waals surface area contributed by atoms with E-state index in [1.165, 1.54) is 20.3 Å². The summed E-state index contributed by atoms with van der Waals surface area (Å²) in [5, 5.41) is 9.48. The third-order valence-corrected chi connectivity index (χ3v) is 4.60. The van der Waals surface area contributed by atoms with Crippen molar-refractivity contribution in [2.24, 2.45) is 0 Å². The standard InChI is InChI=1S/C20H19BrO5/c1-11-17(20(23)24)12(2)19(26-4)15(18(11)25-3)9-10-16(22)13-5-7-14(21)8-6-13/h5-10H,1-4H3,(H,23,24). The quantitative estimate of drug-likeness (QED) is 0.544. The van der Waals surface area contributed by atoms with Gasteiger partial charge >= 0.3 is 5.97 Å². The van der Waals surface area contributed by atoms with Crippen LogP contribution in [-0.2, 0) is 0 Å². The van der Waals surface area contributed by atoms with Crippen molar-refractivity contribution in [3.05, 3.63) is 62.6 Å². The Morgan fingerprint density at radius 1 is 1.00 bits per heavy atom. The fourth-order valence-electron chi connectivity index (χ4n) is 2.88. The van der Waals surface area contributed by atoms with Crippen molar-refractivity contribution in [2.75, 3.05) is 14.2 Å². The van der Waals surface area contributed by atoms with Crippen LogP contribution in [0.15, 0.2) is 34.8 Å². The Morgan fingerprint density at radius 2 is 1.50 bits per heavy atom. The number of hydrogen-bond acceptors (Lipinski definition) is 4. The zero-order valence-corrected chi connectivity index (χ0v) is 16.5. The third-order valence-electron chi connectivity index (χ3n) is 4.07. The van der Waals surface area contributed by atoms with Crippen LogP contribution in [0.1, 0.15) is 37.4 Å². The zero-order chi connectivity index (χ0) is 19.4. The number of aromatic carboxylic acids is 1. The van der Waals surface area contributed by atoms with E-state index >= 15 is 0 Å². The molecule has 0 heterocycles. The minimum Gasteiger partial charge on any atom is -0.496 e. The Hall–Kier alpha value is -2.60. The maximum atomic E-state index is 12.4. The maximum absolute atomic E-state index is 12.4. The first-order valence-corrected chi connectivity index (χ1v) is 8.57. The SMILES string of the molecule is COc1c(C)c(C(=O)O)c(C)c(OC)c1C=CC(=O)c1ccc(Br)cc1. The normalized spacial score (nSPS) is 10.8. The van der Waals surface area contributed by atoms with E-state index < -0.39 is 5.97 Å². The predicted octanol–water partition coefficient (Wildman–Crippen LogP) is 4.68. The summed E-state index contributed by atoms with van der Waals surface area (Å²) in [6.07, 6.45) is 3.01. The lowest BCUT2D eigenvalue weighted by atomic mass is 9.95. The average molecular weight is 419 g/mol. The fourth-order valence-corrected chi connectivity index (χ4v) is 3.15. The lowest BCUT2D eigenvalue weighted by molar-refractivity contribution is 0.0694. The van der Waals surface area contributed by atoms with E-state index in [2.05, 4.69) is 15.9 Å². The number of carbonyl (C=O) groups excluding carboxylic acids is 1. The smallest absolute Gasteiger partial charge is 0.336 e. The molecule has 2 aromatic carbocycles. The first kappa shape index (κ1) is 19.7. The Kier molecular flexibility index (Phi) is 6.21. The summed E-state index contributed by atoms with van der Waals surface area (Å²) in [5.74, 6) is -0.508. The molecule has 0 aliphatic rings. The molecule has 0 spiro atoms. The summed E-state index contributed by atoms with van der Waals surface area (Å²) in [7, 11) is 2.91. The Labute approximate surface area is 160 Å². The van der Waals surface area contributed by atoms with Crippen LogP contribution < -0.4 is 9.47 Å². The molecule has 0 aliphatic heterocycles. The number of halogens is 1. The van der Waals surface area contributed by atoms with Crippen LogP contribution in [0.3, 0.4) is 0 Å². The Balaban J connectivity index is 2.56. The van der Waals surface area contributed by atoms with Crippen molar-refractivity contribution in [1.82, 2.24) is 0 Å². The summed E-state index contributed by atoms with van der Waals surface area (Å²) in [6, 6.07) is 7.01. The van der Waals surface area contributed by atoms with Crippen LogP contribution in [0.2, 0.25) is 0 Å². The number of benzene rings is 2. The van der Waals surface area contributed by atoms with Crippen molar-refractivity contribution in [3.63, 3.8) is 0 Å². The molecule has 5 nitrogen and oxygen atoms in total. The highest BCUT2D eigenvalue weighted by Crippen LogP contribution is 2.39. The molecule has 0 radical (unpaired) electrons. The van der Waals surface area contributed by atoms with Gasteiger partial charge < -0.3 is 14.6 Å². The van der Waals surface area contributed by atoms with Crippen LogP contribution in [0, 0.1) is 13.8 Å². The molecule has 0 fully saturated rings. The van der Waals surface area contributed by atoms with Crippen LogP contribution in [0.5, 0.6) is 11.5 Å². The molecule has 0 amide bonds. The van der Waals surface area contributed by atoms with Gasteiger partial charge in [0.15, 0.2) is 5.78 Å². The molecule has 0 atom stereocenters. The first-order chi connectivity index (χ1) is 12.3. The molecule has 2 aromatic rings. The van der Waals surface area contributed by atoms with Crippen molar-refractivity contribution in [2.45, 2.75) is 13.8 Å². The molecule has 0 aromatic heterocycles. The van der Waals surface area contributed by atoms with Gasteiger partial charge in [-0.05, 0) is 50.3 Å². The highest BCUT2D eigenvalue weighted by molar-refractivity contribution is 9.10. The van der Waals surface area contributed by atoms with Crippen molar-refractivity contribution < 1.29 is 24.2 Å². The van der Waals surface area contributed by atoms with Gasteiger partial charge in [-0.1, -0.05) is 15.9 Å². The summed E-state index contributed by atoms with van der Waals surface area (Å²) < 4.78 is 11.7. The van der Waals surface area contributed by atoms with Crippen LogP contribution in [-0.4, -0.2) is 31.1 Å². The van der Waals surface area contributed by atoms with Gasteiger partial charge in [0.1, 0.15) is 11.5 Å². The van der Waals surface area contributed by atoms with Crippen molar-refractivity contribution in [3.8, 4) is 11.5 Å². The van der Waals surface area contributed by atoms with Gasteiger partial charge in [0.2, 0.25) is 0 Å². The molecule has 136 valence electrons. The van der Waals surface area contributed by atoms with Gasteiger partial charge in [-0.2, -0.15) is 0 Å². The van der Waals surface area contributed by atoms with Crippen LogP contribution in [0.25, 0.3) is 6.08 Å². The number of hydrogen-bond donors (Lipinski definition) is 1. The number of allylic oxidation sites excluding steroid dienone is 1. The lowest BCUT2D eigenvalue weighted by Gasteiger charge is -2.18. The second kappa shape index (κ2) is 8.19. The van der Waals surface area contributed by atoms with Gasteiger partial charge in [0, 0.05) is 21.2 Å². The van der Waals surface area contributed by atoms with Crippen molar-refractivity contribution in [1.29, 1.82) is 0 Å². The lowest BCUT2D eigenvalue weighted by Crippen LogP contribution is -2.08. The van der Waals surface area contributed by atoms with Gasteiger partial charge in [0.25, 0.3) is 0 Å². The van der Waals surface area contributed by atoms with Gasteiger partial charge in [0.05, 0.1) is 25.3 Å². The molecule has 0 aliphatic carbocycles. The highest BCUT2D eigenvalue weighted by Gasteiger charge is 2.23. The molecule has 2 rings (SSSR count). The summed E-state index contributed by atoms with van der Waals surface area (Å²) in [5.41, 5.74) is 2.16. The highest BCUT2D eigenvalue weighted by atomic mass is 79.9. The monoisotopic (exact) mass is 418 g/mol. The Morgan fingerprint density at radius 3 is 1.92 bits per heavy atom. The maximum Gasteiger partial charge on any atom is 0.336 e. The van der Waals surface area contributed by atoms with E-state index in [0.717, 1.165) is 4.47 Å². The van der Waals surface area contributed by atoms with Gasteiger partial charge in [-0.25, -0.2) is 4.79 Å². The van der Waals surface area contributed by atoms with E-state index in [9.17, 15) is 14.7 Å². The minimum atomic E-state index is -1.06. The molecule has 0 saturated heterocycles. The minimum absolute atomic E-state index is 0.134. The van der Waals surface area contributed by atoms with Crippen LogP contribution in [0.4, 0.5) is 0 Å². The zero-order valence-electron chi connectivity index (χ0n) is 14.9. The van der Waals surface area contributed by atoms with E-state index in [4.69, 9.17) is 9.47 Å². The number of ether oxygens (including phenoxy) is 2. The number of ketones is 1. The van der Waals surface area contributed by atoms with Crippen molar-refractivity contribution >= 4 is 33.8 Å². The average Bonchev–Trinajstić information content (AvgIpc) is 2.60. The molecule has 26 heavy (non-hydrogen) atoms. The number of rotatable bonds is 6. The third kappa shape index (κ3) is 3.80. The number of carbonyl (C=O) groups is 2. The Bertz CT molecular complexity index is 851. The second-order valence-corrected chi connectivity index (χ2v) is 6.53. The molecular formula is C20H19BrO5. The van der Waals surface area contributed by atoms with Crippen LogP contribution >= 0.6 is 15.9 Å². The molecule has 6 heteroatoms. The van der Waals surface area contributed by atoms with Gasteiger partial charge in [-0.3, -0.25) is 4.79 Å². The first-order valence-electron chi connectivity index (χ1n) is 7.78. The molecule has 1 N–H and O–H groups in total. The van der Waals surface area contributed by atoms with E-state index in [1.54, 1.807) is 44.2 Å². The molecule has 0 unspecified atom stereocenters. The summed E-state index contributed by atoms with van der Waals surface area (Å²) in [6.45, 7) is 3.34. The van der Waals surface area contributed by atoms with Gasteiger partial charge in [-0.15, -0.1) is 0 Å².